The van der Waals surface area contributed by atoms with Crippen LogP contribution >= 0.6 is 0 Å². The third kappa shape index (κ3) is 2.90. The molecule has 1 heterocycles. The Morgan fingerprint density at radius 2 is 2.21 bits per heavy atom. The number of halogens is 2. The average Bonchev–Trinajstić information content (AvgIpc) is 2.34. The molecule has 0 saturated heterocycles. The molecule has 1 aliphatic carbocycles. The van der Waals surface area contributed by atoms with Crippen LogP contribution in [0.25, 0.3) is 0 Å². The summed E-state index contributed by atoms with van der Waals surface area (Å²) < 4.78 is 32.5. The Labute approximate surface area is 109 Å². The first-order valence-electron chi connectivity index (χ1n) is 5.88. The molecule has 102 valence electrons. The van der Waals surface area contributed by atoms with Gasteiger partial charge in [-0.25, -0.2) is 13.8 Å². The summed E-state index contributed by atoms with van der Waals surface area (Å²) in [7, 11) is 0. The zero-order valence-electron chi connectivity index (χ0n) is 10.7. The molecule has 0 spiro atoms. The third-order valence-electron chi connectivity index (χ3n) is 2.84. The summed E-state index contributed by atoms with van der Waals surface area (Å²) >= 11 is 0. The van der Waals surface area contributed by atoms with Crippen LogP contribution in [0.4, 0.5) is 14.5 Å². The van der Waals surface area contributed by atoms with E-state index in [0.717, 1.165) is 5.56 Å². The summed E-state index contributed by atoms with van der Waals surface area (Å²) in [4.78, 5) is 3.93. The summed E-state index contributed by atoms with van der Waals surface area (Å²) in [6.07, 6.45) is 2.90. The predicted octanol–water partition coefficient (Wildman–Crippen LogP) is 3.13. The molecular formula is C13H15F2N3O. The lowest BCUT2D eigenvalue weighted by atomic mass is 10.0. The number of hydrogen-bond acceptors (Lipinski definition) is 4. The number of anilines is 1. The summed E-state index contributed by atoms with van der Waals surface area (Å²) in [6.45, 7) is 3.52. The van der Waals surface area contributed by atoms with E-state index < -0.39 is 17.4 Å². The van der Waals surface area contributed by atoms with Crippen molar-refractivity contribution in [3.05, 3.63) is 41.3 Å². The molecule has 1 atom stereocenters. The number of pyridine rings is 1. The number of nitrogens with two attached hydrogens (primary N) is 1. The number of nitrogens with one attached hydrogen (secondary N) is 1. The van der Waals surface area contributed by atoms with Crippen molar-refractivity contribution in [3.8, 4) is 5.88 Å². The number of nitrogens with zero attached hydrogens (tertiary/aromatic N) is 1. The van der Waals surface area contributed by atoms with Crippen molar-refractivity contribution in [2.45, 2.75) is 20.3 Å². The fourth-order valence-corrected chi connectivity index (χ4v) is 1.84. The summed E-state index contributed by atoms with van der Waals surface area (Å²) in [5.74, 6) is 3.53. The van der Waals surface area contributed by atoms with Gasteiger partial charge in [0.2, 0.25) is 5.88 Å². The van der Waals surface area contributed by atoms with Crippen molar-refractivity contribution < 1.29 is 13.5 Å². The molecule has 0 aliphatic heterocycles. The Morgan fingerprint density at radius 3 is 2.79 bits per heavy atom. The highest BCUT2D eigenvalue weighted by atomic mass is 19.1. The highest BCUT2D eigenvalue weighted by molar-refractivity contribution is 5.49. The molecule has 0 amide bonds. The van der Waals surface area contributed by atoms with Gasteiger partial charge in [0.05, 0.1) is 11.9 Å². The summed E-state index contributed by atoms with van der Waals surface area (Å²) in [5, 5.41) is 0. The lowest BCUT2D eigenvalue weighted by Gasteiger charge is -2.17. The molecule has 1 aliphatic rings. The molecule has 6 heteroatoms. The van der Waals surface area contributed by atoms with E-state index >= 15 is 0 Å². The lowest BCUT2D eigenvalue weighted by Crippen LogP contribution is -2.10. The molecule has 0 saturated carbocycles. The molecule has 4 nitrogen and oxygen atoms in total. The smallest absolute Gasteiger partial charge is 0.219 e. The second-order valence-corrected chi connectivity index (χ2v) is 4.51. The monoisotopic (exact) mass is 267 g/mol. The molecule has 1 aromatic rings. The minimum absolute atomic E-state index is 0.125. The van der Waals surface area contributed by atoms with Crippen molar-refractivity contribution in [2.75, 3.05) is 5.43 Å². The normalized spacial score (nSPS) is 19.2. The minimum Gasteiger partial charge on any atom is -0.433 e. The van der Waals surface area contributed by atoms with E-state index in [2.05, 4.69) is 10.4 Å². The van der Waals surface area contributed by atoms with Gasteiger partial charge in [-0.1, -0.05) is 6.92 Å². The first-order valence-corrected chi connectivity index (χ1v) is 5.88. The van der Waals surface area contributed by atoms with Crippen molar-refractivity contribution in [1.82, 2.24) is 4.98 Å². The first-order chi connectivity index (χ1) is 9.01. The molecule has 0 bridgehead atoms. The maximum atomic E-state index is 13.7. The van der Waals surface area contributed by atoms with Gasteiger partial charge in [-0.05, 0) is 24.5 Å². The van der Waals surface area contributed by atoms with Gasteiger partial charge in [-0.3, -0.25) is 5.84 Å². The zero-order chi connectivity index (χ0) is 14.0. The molecular weight excluding hydrogens is 252 g/mol. The van der Waals surface area contributed by atoms with Gasteiger partial charge >= 0.3 is 0 Å². The van der Waals surface area contributed by atoms with Crippen LogP contribution in [0.2, 0.25) is 0 Å². The van der Waals surface area contributed by atoms with Crippen LogP contribution in [0, 0.1) is 12.8 Å². The topological polar surface area (TPSA) is 60.2 Å². The Morgan fingerprint density at radius 1 is 1.47 bits per heavy atom. The quantitative estimate of drug-likeness (QED) is 0.652. The third-order valence-corrected chi connectivity index (χ3v) is 2.84. The van der Waals surface area contributed by atoms with Crippen LogP contribution < -0.4 is 16.0 Å². The van der Waals surface area contributed by atoms with E-state index in [1.54, 1.807) is 19.9 Å². The maximum absolute atomic E-state index is 13.7. The molecule has 2 rings (SSSR count). The number of rotatable bonds is 3. The molecule has 1 aromatic heterocycles. The van der Waals surface area contributed by atoms with E-state index in [9.17, 15) is 8.78 Å². The van der Waals surface area contributed by atoms with E-state index in [0.29, 0.717) is 5.69 Å². The highest BCUT2D eigenvalue weighted by Crippen LogP contribution is 2.32. The van der Waals surface area contributed by atoms with Gasteiger partial charge in [0.15, 0.2) is 11.6 Å². The van der Waals surface area contributed by atoms with E-state index in [-0.39, 0.29) is 18.2 Å². The van der Waals surface area contributed by atoms with Crippen molar-refractivity contribution in [2.24, 2.45) is 11.8 Å². The SMILES string of the molecule is Cc1cc(OC2=C(F)CC(C)C=C2F)ncc1NN. The zero-order valence-corrected chi connectivity index (χ0v) is 10.7. The molecule has 0 radical (unpaired) electrons. The van der Waals surface area contributed by atoms with Crippen LogP contribution in [0.1, 0.15) is 18.9 Å². The second-order valence-electron chi connectivity index (χ2n) is 4.51. The number of hydrazine groups is 1. The molecule has 19 heavy (non-hydrogen) atoms. The van der Waals surface area contributed by atoms with Gasteiger partial charge in [-0.2, -0.15) is 0 Å². The van der Waals surface area contributed by atoms with Crippen LogP contribution in [-0.2, 0) is 0 Å². The lowest BCUT2D eigenvalue weighted by molar-refractivity contribution is 0.341. The first kappa shape index (κ1) is 13.5. The fraction of sp³-hybridized carbons (Fsp3) is 0.308. The number of aromatic nitrogens is 1. The largest absolute Gasteiger partial charge is 0.433 e. The molecule has 1 unspecified atom stereocenters. The number of hydrogen-bond donors (Lipinski definition) is 2. The van der Waals surface area contributed by atoms with Crippen molar-refractivity contribution >= 4 is 5.69 Å². The summed E-state index contributed by atoms with van der Waals surface area (Å²) in [6, 6.07) is 1.56. The van der Waals surface area contributed by atoms with Crippen LogP contribution in [0.15, 0.2) is 35.8 Å². The maximum Gasteiger partial charge on any atom is 0.219 e. The molecule has 0 fully saturated rings. The van der Waals surface area contributed by atoms with E-state index in [1.807, 2.05) is 0 Å². The second kappa shape index (κ2) is 5.36. The van der Waals surface area contributed by atoms with Gasteiger partial charge < -0.3 is 10.2 Å². The molecule has 0 aromatic carbocycles. The Hall–Kier alpha value is -1.95. The number of aryl methyl sites for hydroxylation is 1. The standard InChI is InChI=1S/C13H15F2N3O/c1-7-3-9(14)13(10(15)4-7)19-12-5-8(2)11(18-16)6-17-12/h3,5-7,18H,4,16H2,1-2H3. The summed E-state index contributed by atoms with van der Waals surface area (Å²) in [5.41, 5.74) is 3.85. The number of nitrogen functional groups attached to an aromatic ring is 1. The van der Waals surface area contributed by atoms with Gasteiger partial charge in [-0.15, -0.1) is 0 Å². The number of ether oxygens (including phenoxy) is 1. The van der Waals surface area contributed by atoms with E-state index in [4.69, 9.17) is 10.6 Å². The van der Waals surface area contributed by atoms with Crippen molar-refractivity contribution in [1.29, 1.82) is 0 Å². The van der Waals surface area contributed by atoms with E-state index in [1.165, 1.54) is 12.3 Å². The van der Waals surface area contributed by atoms with Gasteiger partial charge in [0.1, 0.15) is 5.83 Å². The Balaban J connectivity index is 2.24. The van der Waals surface area contributed by atoms with Crippen molar-refractivity contribution in [3.63, 3.8) is 0 Å². The molecule has 3 N–H and O–H groups in total. The minimum atomic E-state index is -0.697. The Kier molecular flexibility index (Phi) is 3.80. The van der Waals surface area contributed by atoms with Crippen LogP contribution in [-0.4, -0.2) is 4.98 Å². The van der Waals surface area contributed by atoms with Gasteiger partial charge in [0, 0.05) is 12.5 Å². The van der Waals surface area contributed by atoms with Gasteiger partial charge in [0.25, 0.3) is 0 Å². The van der Waals surface area contributed by atoms with Crippen LogP contribution in [0.3, 0.4) is 0 Å². The fourth-order valence-electron chi connectivity index (χ4n) is 1.84. The number of allylic oxidation sites excluding steroid dienone is 3. The van der Waals surface area contributed by atoms with Crippen LogP contribution in [0.5, 0.6) is 5.88 Å². The predicted molar refractivity (Wildman–Crippen MR) is 68.5 cm³/mol. The average molecular weight is 267 g/mol. The highest BCUT2D eigenvalue weighted by Gasteiger charge is 2.23. The Bertz CT molecular complexity index is 555.